The Morgan fingerprint density at radius 2 is 2.06 bits per heavy atom. The van der Waals surface area contributed by atoms with Gasteiger partial charge < -0.3 is 0 Å². The van der Waals surface area contributed by atoms with Gasteiger partial charge in [-0.1, -0.05) is 37.3 Å². The molecule has 1 nitrogen and oxygen atoms in total. The second-order valence-corrected chi connectivity index (χ2v) is 4.81. The summed E-state index contributed by atoms with van der Waals surface area (Å²) >= 11 is 5.65. The van der Waals surface area contributed by atoms with Gasteiger partial charge in [0.15, 0.2) is 5.78 Å². The number of hydrogen-bond acceptors (Lipinski definition) is 1. The van der Waals surface area contributed by atoms with Crippen LogP contribution in [0.2, 0.25) is 5.02 Å². The largest absolute Gasteiger partial charge is 0.294 e. The van der Waals surface area contributed by atoms with E-state index in [0.717, 1.165) is 12.8 Å². The van der Waals surface area contributed by atoms with Gasteiger partial charge in [0.25, 0.3) is 0 Å². The normalized spacial score (nSPS) is 16.6. The molecular weight excluding hydrogens is 227 g/mol. The molecule has 0 atom stereocenters. The minimum absolute atomic E-state index is 0.0253. The average molecular weight is 241 g/mol. The molecule has 0 amide bonds. The van der Waals surface area contributed by atoms with Crippen LogP contribution in [0, 0.1) is 11.7 Å². The van der Waals surface area contributed by atoms with Crippen LogP contribution >= 0.6 is 11.6 Å². The zero-order valence-corrected chi connectivity index (χ0v) is 9.77. The van der Waals surface area contributed by atoms with Gasteiger partial charge in [0.05, 0.1) is 5.02 Å². The van der Waals surface area contributed by atoms with Crippen molar-refractivity contribution < 1.29 is 9.18 Å². The summed E-state index contributed by atoms with van der Waals surface area (Å²) in [5.41, 5.74) is 0.526. The third-order valence-electron chi connectivity index (χ3n) is 3.19. The molecule has 0 radical (unpaired) electrons. The number of benzene rings is 1. The first-order valence-corrected chi connectivity index (χ1v) is 6.03. The van der Waals surface area contributed by atoms with E-state index in [4.69, 9.17) is 11.6 Å². The summed E-state index contributed by atoms with van der Waals surface area (Å²) in [6, 6.07) is 4.19. The van der Waals surface area contributed by atoms with E-state index in [1.165, 1.54) is 31.0 Å². The Kier molecular flexibility index (Phi) is 3.59. The summed E-state index contributed by atoms with van der Waals surface area (Å²) in [7, 11) is 0. The van der Waals surface area contributed by atoms with Gasteiger partial charge in [0.2, 0.25) is 0 Å². The standard InChI is InChI=1S/C13H14ClFO/c14-11-8-10(5-6-12(11)15)13(16)7-9-3-1-2-4-9/h5-6,8-9H,1-4,7H2. The zero-order valence-electron chi connectivity index (χ0n) is 9.01. The number of halogens is 2. The SMILES string of the molecule is O=C(CC1CCCC1)c1ccc(F)c(Cl)c1. The fraction of sp³-hybridized carbons (Fsp3) is 0.462. The van der Waals surface area contributed by atoms with E-state index in [1.54, 1.807) is 0 Å². The zero-order chi connectivity index (χ0) is 11.5. The fourth-order valence-corrected chi connectivity index (χ4v) is 2.44. The quantitative estimate of drug-likeness (QED) is 0.722. The molecule has 1 aromatic carbocycles. The predicted octanol–water partition coefficient (Wildman–Crippen LogP) is 4.24. The number of ketones is 1. The second kappa shape index (κ2) is 4.96. The summed E-state index contributed by atoms with van der Waals surface area (Å²) < 4.78 is 12.9. The van der Waals surface area contributed by atoms with Crippen LogP contribution in [0.15, 0.2) is 18.2 Å². The van der Waals surface area contributed by atoms with E-state index in [2.05, 4.69) is 0 Å². The molecule has 16 heavy (non-hydrogen) atoms. The molecule has 1 aromatic rings. The molecule has 1 aliphatic carbocycles. The Morgan fingerprint density at radius 1 is 1.38 bits per heavy atom. The number of hydrogen-bond donors (Lipinski definition) is 0. The van der Waals surface area contributed by atoms with E-state index in [-0.39, 0.29) is 10.8 Å². The average Bonchev–Trinajstić information content (AvgIpc) is 2.74. The summed E-state index contributed by atoms with van der Waals surface area (Å²) in [5.74, 6) is 0.115. The van der Waals surface area contributed by atoms with Crippen LogP contribution in [0.1, 0.15) is 42.5 Å². The molecule has 1 fully saturated rings. The van der Waals surface area contributed by atoms with E-state index in [0.29, 0.717) is 17.9 Å². The Bertz CT molecular complexity index is 397. The van der Waals surface area contributed by atoms with Crippen molar-refractivity contribution in [2.24, 2.45) is 5.92 Å². The van der Waals surface area contributed by atoms with Crippen molar-refractivity contribution in [2.75, 3.05) is 0 Å². The fourth-order valence-electron chi connectivity index (χ4n) is 2.26. The van der Waals surface area contributed by atoms with Crippen LogP contribution in [0.4, 0.5) is 4.39 Å². The molecule has 0 bridgehead atoms. The lowest BCUT2D eigenvalue weighted by atomic mass is 9.97. The highest BCUT2D eigenvalue weighted by Gasteiger charge is 2.19. The van der Waals surface area contributed by atoms with Gasteiger partial charge in [-0.05, 0) is 24.1 Å². The molecule has 3 heteroatoms. The van der Waals surface area contributed by atoms with E-state index >= 15 is 0 Å². The Balaban J connectivity index is 2.05. The maximum Gasteiger partial charge on any atom is 0.163 e. The molecule has 86 valence electrons. The number of carbonyl (C=O) groups excluding carboxylic acids is 1. The van der Waals surface area contributed by atoms with Crippen molar-refractivity contribution in [2.45, 2.75) is 32.1 Å². The van der Waals surface area contributed by atoms with Gasteiger partial charge in [0, 0.05) is 12.0 Å². The van der Waals surface area contributed by atoms with Crippen molar-refractivity contribution in [1.82, 2.24) is 0 Å². The van der Waals surface area contributed by atoms with Crippen LogP contribution < -0.4 is 0 Å². The van der Waals surface area contributed by atoms with Crippen molar-refractivity contribution in [3.63, 3.8) is 0 Å². The van der Waals surface area contributed by atoms with Crippen LogP contribution in [0.3, 0.4) is 0 Å². The lowest BCUT2D eigenvalue weighted by molar-refractivity contribution is 0.0962. The van der Waals surface area contributed by atoms with Crippen LogP contribution in [0.25, 0.3) is 0 Å². The maximum atomic E-state index is 12.9. The molecule has 0 unspecified atom stereocenters. The van der Waals surface area contributed by atoms with Gasteiger partial charge in [-0.3, -0.25) is 4.79 Å². The first kappa shape index (κ1) is 11.6. The maximum absolute atomic E-state index is 12.9. The van der Waals surface area contributed by atoms with Gasteiger partial charge in [0.1, 0.15) is 5.82 Å². The number of rotatable bonds is 3. The third-order valence-corrected chi connectivity index (χ3v) is 3.48. The van der Waals surface area contributed by atoms with E-state index in [1.807, 2.05) is 0 Å². The van der Waals surface area contributed by atoms with Gasteiger partial charge in [-0.25, -0.2) is 4.39 Å². The summed E-state index contributed by atoms with van der Waals surface area (Å²) in [4.78, 5) is 11.9. The van der Waals surface area contributed by atoms with Crippen molar-refractivity contribution in [1.29, 1.82) is 0 Å². The summed E-state index contributed by atoms with van der Waals surface area (Å²) in [5, 5.41) is 0.0253. The monoisotopic (exact) mass is 240 g/mol. The molecule has 1 aliphatic rings. The Morgan fingerprint density at radius 3 is 2.69 bits per heavy atom. The molecule has 1 saturated carbocycles. The molecular formula is C13H14ClFO. The second-order valence-electron chi connectivity index (χ2n) is 4.41. The molecule has 2 rings (SSSR count). The van der Waals surface area contributed by atoms with Gasteiger partial charge >= 0.3 is 0 Å². The smallest absolute Gasteiger partial charge is 0.163 e. The highest BCUT2D eigenvalue weighted by atomic mass is 35.5. The van der Waals surface area contributed by atoms with Crippen LogP contribution in [-0.2, 0) is 0 Å². The predicted molar refractivity (Wildman–Crippen MR) is 62.3 cm³/mol. The van der Waals surface area contributed by atoms with Gasteiger partial charge in [-0.15, -0.1) is 0 Å². The summed E-state index contributed by atoms with van der Waals surface area (Å²) in [6.45, 7) is 0. The molecule has 0 saturated heterocycles. The minimum Gasteiger partial charge on any atom is -0.294 e. The third kappa shape index (κ3) is 2.62. The van der Waals surface area contributed by atoms with E-state index in [9.17, 15) is 9.18 Å². The minimum atomic E-state index is -0.473. The van der Waals surface area contributed by atoms with Crippen molar-refractivity contribution in [3.05, 3.63) is 34.6 Å². The molecule has 0 aliphatic heterocycles. The Labute approximate surface area is 99.6 Å². The number of carbonyl (C=O) groups is 1. The first-order valence-electron chi connectivity index (χ1n) is 5.65. The van der Waals surface area contributed by atoms with Crippen LogP contribution in [0.5, 0.6) is 0 Å². The number of Topliss-reactive ketones (excluding diaryl/α,β-unsaturated/α-hetero) is 1. The molecule has 0 N–H and O–H groups in total. The van der Waals surface area contributed by atoms with Crippen molar-refractivity contribution >= 4 is 17.4 Å². The lowest BCUT2D eigenvalue weighted by Gasteiger charge is -2.07. The van der Waals surface area contributed by atoms with E-state index < -0.39 is 5.82 Å². The van der Waals surface area contributed by atoms with Gasteiger partial charge in [-0.2, -0.15) is 0 Å². The molecule has 0 heterocycles. The molecule has 0 spiro atoms. The highest BCUT2D eigenvalue weighted by molar-refractivity contribution is 6.31. The topological polar surface area (TPSA) is 17.1 Å². The van der Waals surface area contributed by atoms with Crippen LogP contribution in [-0.4, -0.2) is 5.78 Å². The first-order chi connectivity index (χ1) is 7.66. The van der Waals surface area contributed by atoms with Crippen molar-refractivity contribution in [3.8, 4) is 0 Å². The summed E-state index contributed by atoms with van der Waals surface area (Å²) in [6.07, 6.45) is 5.30. The Hall–Kier alpha value is -0.890. The molecule has 0 aromatic heterocycles. The lowest BCUT2D eigenvalue weighted by Crippen LogP contribution is -2.06. The highest BCUT2D eigenvalue weighted by Crippen LogP contribution is 2.29.